The van der Waals surface area contributed by atoms with Crippen LogP contribution in [0.25, 0.3) is 0 Å². The number of aromatic hydroxyl groups is 1. The van der Waals surface area contributed by atoms with Gasteiger partial charge in [-0.15, -0.1) is 0 Å². The molecule has 0 saturated heterocycles. The summed E-state index contributed by atoms with van der Waals surface area (Å²) < 4.78 is 1.81. The van der Waals surface area contributed by atoms with E-state index in [9.17, 15) is 9.90 Å². The third-order valence-corrected chi connectivity index (χ3v) is 2.91. The van der Waals surface area contributed by atoms with Crippen LogP contribution < -0.4 is 5.32 Å². The van der Waals surface area contributed by atoms with E-state index >= 15 is 0 Å². The molecule has 0 unspecified atom stereocenters. The van der Waals surface area contributed by atoms with E-state index in [4.69, 9.17) is 11.6 Å². The number of carbonyl (C=O) groups excluding carboxylic acids is 1. The van der Waals surface area contributed by atoms with Crippen LogP contribution in [0, 0.1) is 0 Å². The average molecular weight is 279 g/mol. The minimum atomic E-state index is -0.258. The monoisotopic (exact) mass is 278 g/mol. The summed E-state index contributed by atoms with van der Waals surface area (Å²) in [7, 11) is 0. The highest BCUT2D eigenvalue weighted by Gasteiger charge is 2.15. The van der Waals surface area contributed by atoms with Gasteiger partial charge in [-0.05, 0) is 32.0 Å². The number of hydrogen-bond donors (Lipinski definition) is 2. The van der Waals surface area contributed by atoms with Crippen LogP contribution in [0.4, 0.5) is 5.69 Å². The maximum Gasteiger partial charge on any atom is 0.272 e. The topological polar surface area (TPSA) is 54.3 Å². The quantitative estimate of drug-likeness (QED) is 0.900. The normalized spacial score (nSPS) is 10.7. The number of carbonyl (C=O) groups is 1. The molecule has 100 valence electrons. The Hall–Kier alpha value is -1.94. The standard InChI is InChI=1S/C14H15ClN2O2/c1-9(2)17-8-10(15)6-13(17)14(19)16-11-4-3-5-12(18)7-11/h3-9,18H,1-2H3,(H,16,19). The van der Waals surface area contributed by atoms with Gasteiger partial charge in [0, 0.05) is 24.0 Å². The highest BCUT2D eigenvalue weighted by Crippen LogP contribution is 2.21. The summed E-state index contributed by atoms with van der Waals surface area (Å²) in [5.74, 6) is -0.152. The number of phenolic OH excluding ortho intramolecular Hbond substituents is 1. The second-order valence-electron chi connectivity index (χ2n) is 4.55. The Kier molecular flexibility index (Phi) is 3.81. The molecule has 19 heavy (non-hydrogen) atoms. The Morgan fingerprint density at radius 1 is 1.37 bits per heavy atom. The molecule has 0 radical (unpaired) electrons. The fourth-order valence-electron chi connectivity index (χ4n) is 1.83. The highest BCUT2D eigenvalue weighted by atomic mass is 35.5. The molecule has 1 aromatic carbocycles. The number of aromatic nitrogens is 1. The predicted molar refractivity (Wildman–Crippen MR) is 75.9 cm³/mol. The second kappa shape index (κ2) is 5.36. The zero-order valence-electron chi connectivity index (χ0n) is 10.7. The van der Waals surface area contributed by atoms with Gasteiger partial charge >= 0.3 is 0 Å². The average Bonchev–Trinajstić information content (AvgIpc) is 2.71. The van der Waals surface area contributed by atoms with Crippen molar-refractivity contribution in [2.24, 2.45) is 0 Å². The van der Waals surface area contributed by atoms with Crippen molar-refractivity contribution in [3.8, 4) is 5.75 Å². The van der Waals surface area contributed by atoms with Crippen LogP contribution in [-0.2, 0) is 0 Å². The lowest BCUT2D eigenvalue weighted by Crippen LogP contribution is -2.17. The van der Waals surface area contributed by atoms with Gasteiger partial charge in [0.1, 0.15) is 11.4 Å². The lowest BCUT2D eigenvalue weighted by molar-refractivity contribution is 0.101. The van der Waals surface area contributed by atoms with Crippen molar-refractivity contribution in [2.45, 2.75) is 19.9 Å². The van der Waals surface area contributed by atoms with E-state index in [0.717, 1.165) is 0 Å². The zero-order valence-corrected chi connectivity index (χ0v) is 11.5. The lowest BCUT2D eigenvalue weighted by Gasteiger charge is -2.12. The van der Waals surface area contributed by atoms with Crippen molar-refractivity contribution in [3.05, 3.63) is 47.2 Å². The van der Waals surface area contributed by atoms with Gasteiger partial charge < -0.3 is 15.0 Å². The number of benzene rings is 1. The van der Waals surface area contributed by atoms with E-state index in [1.165, 1.54) is 6.07 Å². The Morgan fingerprint density at radius 2 is 2.11 bits per heavy atom. The maximum atomic E-state index is 12.2. The second-order valence-corrected chi connectivity index (χ2v) is 4.99. The lowest BCUT2D eigenvalue weighted by atomic mass is 10.3. The highest BCUT2D eigenvalue weighted by molar-refractivity contribution is 6.31. The summed E-state index contributed by atoms with van der Waals surface area (Å²) >= 11 is 5.94. The first-order valence-electron chi connectivity index (χ1n) is 5.95. The molecule has 0 aliphatic heterocycles. The number of anilines is 1. The summed E-state index contributed by atoms with van der Waals surface area (Å²) in [6.07, 6.45) is 1.73. The van der Waals surface area contributed by atoms with Gasteiger partial charge in [-0.25, -0.2) is 0 Å². The SMILES string of the molecule is CC(C)n1cc(Cl)cc1C(=O)Nc1cccc(O)c1. The first kappa shape index (κ1) is 13.5. The molecule has 1 amide bonds. The van der Waals surface area contributed by atoms with Gasteiger partial charge in [0.15, 0.2) is 0 Å². The molecule has 1 heterocycles. The Morgan fingerprint density at radius 3 is 2.74 bits per heavy atom. The summed E-state index contributed by atoms with van der Waals surface area (Å²) in [6.45, 7) is 3.95. The molecule has 0 spiro atoms. The maximum absolute atomic E-state index is 12.2. The number of nitrogens with zero attached hydrogens (tertiary/aromatic N) is 1. The number of amides is 1. The fourth-order valence-corrected chi connectivity index (χ4v) is 2.04. The molecular formula is C14H15ClN2O2. The van der Waals surface area contributed by atoms with E-state index in [1.807, 2.05) is 13.8 Å². The summed E-state index contributed by atoms with van der Waals surface area (Å²) in [5, 5.41) is 12.6. The minimum absolute atomic E-state index is 0.107. The molecule has 5 heteroatoms. The molecule has 0 aliphatic carbocycles. The summed E-state index contributed by atoms with van der Waals surface area (Å²) in [5.41, 5.74) is 1.03. The third kappa shape index (κ3) is 3.09. The number of nitrogens with one attached hydrogen (secondary N) is 1. The van der Waals surface area contributed by atoms with Crippen LogP contribution in [-0.4, -0.2) is 15.6 Å². The van der Waals surface area contributed by atoms with Crippen molar-refractivity contribution >= 4 is 23.2 Å². The van der Waals surface area contributed by atoms with Crippen molar-refractivity contribution in [1.82, 2.24) is 4.57 Å². The van der Waals surface area contributed by atoms with Crippen molar-refractivity contribution in [2.75, 3.05) is 5.32 Å². The van der Waals surface area contributed by atoms with E-state index < -0.39 is 0 Å². The molecule has 0 fully saturated rings. The molecule has 2 aromatic rings. The number of phenols is 1. The van der Waals surface area contributed by atoms with Crippen molar-refractivity contribution in [1.29, 1.82) is 0 Å². The first-order chi connectivity index (χ1) is 8.97. The molecular weight excluding hydrogens is 264 g/mol. The fraction of sp³-hybridized carbons (Fsp3) is 0.214. The molecule has 2 N–H and O–H groups in total. The summed E-state index contributed by atoms with van der Waals surface area (Å²) in [4.78, 5) is 12.2. The Balaban J connectivity index is 2.25. The van der Waals surface area contributed by atoms with Crippen LogP contribution in [0.3, 0.4) is 0 Å². The molecule has 4 nitrogen and oxygen atoms in total. The van der Waals surface area contributed by atoms with Gasteiger partial charge in [0.25, 0.3) is 5.91 Å². The summed E-state index contributed by atoms with van der Waals surface area (Å²) in [6, 6.07) is 8.17. The van der Waals surface area contributed by atoms with Crippen LogP contribution in [0.2, 0.25) is 5.02 Å². The molecule has 1 aromatic heterocycles. The van der Waals surface area contributed by atoms with Gasteiger partial charge in [-0.2, -0.15) is 0 Å². The number of rotatable bonds is 3. The van der Waals surface area contributed by atoms with E-state index in [2.05, 4.69) is 5.32 Å². The predicted octanol–water partition coefficient (Wildman–Crippen LogP) is 3.68. The number of halogens is 1. The van der Waals surface area contributed by atoms with E-state index in [0.29, 0.717) is 16.4 Å². The molecule has 0 atom stereocenters. The van der Waals surface area contributed by atoms with Gasteiger partial charge in [-0.3, -0.25) is 4.79 Å². The largest absolute Gasteiger partial charge is 0.508 e. The Labute approximate surface area is 116 Å². The van der Waals surface area contributed by atoms with Crippen LogP contribution in [0.5, 0.6) is 5.75 Å². The molecule has 0 saturated carbocycles. The van der Waals surface area contributed by atoms with Gasteiger partial charge in [0.05, 0.1) is 5.02 Å². The van der Waals surface area contributed by atoms with Gasteiger partial charge in [-0.1, -0.05) is 17.7 Å². The van der Waals surface area contributed by atoms with Gasteiger partial charge in [0.2, 0.25) is 0 Å². The first-order valence-corrected chi connectivity index (χ1v) is 6.33. The van der Waals surface area contributed by atoms with Crippen LogP contribution in [0.1, 0.15) is 30.4 Å². The zero-order chi connectivity index (χ0) is 14.0. The van der Waals surface area contributed by atoms with Crippen LogP contribution in [0.15, 0.2) is 36.5 Å². The van der Waals surface area contributed by atoms with Crippen molar-refractivity contribution < 1.29 is 9.90 Å². The molecule has 0 aliphatic rings. The van der Waals surface area contributed by atoms with Crippen LogP contribution >= 0.6 is 11.6 Å². The Bertz CT molecular complexity index is 605. The van der Waals surface area contributed by atoms with Crippen molar-refractivity contribution in [3.63, 3.8) is 0 Å². The van der Waals surface area contributed by atoms with E-state index in [1.54, 1.807) is 35.0 Å². The van der Waals surface area contributed by atoms with E-state index in [-0.39, 0.29) is 17.7 Å². The molecule has 2 rings (SSSR count). The minimum Gasteiger partial charge on any atom is -0.508 e. The number of hydrogen-bond acceptors (Lipinski definition) is 2. The third-order valence-electron chi connectivity index (χ3n) is 2.71. The smallest absolute Gasteiger partial charge is 0.272 e. The molecule has 0 bridgehead atoms.